The van der Waals surface area contributed by atoms with Gasteiger partial charge in [-0.15, -0.1) is 0 Å². The number of hydrogen-bond donors (Lipinski definition) is 0. The van der Waals surface area contributed by atoms with Crippen molar-refractivity contribution in [2.24, 2.45) is 0 Å². The highest BCUT2D eigenvalue weighted by Crippen LogP contribution is 2.30. The zero-order valence-corrected chi connectivity index (χ0v) is 11.6. The van der Waals surface area contributed by atoms with Gasteiger partial charge in [-0.2, -0.15) is 0 Å². The van der Waals surface area contributed by atoms with E-state index < -0.39 is 0 Å². The minimum absolute atomic E-state index is 0.588. The van der Waals surface area contributed by atoms with Crippen LogP contribution in [0.4, 0.5) is 0 Å². The summed E-state index contributed by atoms with van der Waals surface area (Å²) in [5.41, 5.74) is 1.31. The van der Waals surface area contributed by atoms with Crippen molar-refractivity contribution in [1.82, 2.24) is 4.90 Å². The van der Waals surface area contributed by atoms with Crippen LogP contribution in [0.2, 0.25) is 0 Å². The molecular formula is C15H23NO2. The van der Waals surface area contributed by atoms with Crippen LogP contribution >= 0.6 is 0 Å². The van der Waals surface area contributed by atoms with Gasteiger partial charge in [0.1, 0.15) is 0 Å². The van der Waals surface area contributed by atoms with Crippen LogP contribution in [0, 0.1) is 0 Å². The maximum atomic E-state index is 5.70. The molecule has 18 heavy (non-hydrogen) atoms. The zero-order valence-electron chi connectivity index (χ0n) is 11.6. The van der Waals surface area contributed by atoms with Gasteiger partial charge in [-0.3, -0.25) is 0 Å². The van der Waals surface area contributed by atoms with Crippen LogP contribution in [0.25, 0.3) is 0 Å². The minimum atomic E-state index is 0.588. The SMILES string of the molecule is CC(C)N(C)CCc1ccc2c(c1)OCCCO2. The second-order valence-corrected chi connectivity index (χ2v) is 5.16. The smallest absolute Gasteiger partial charge is 0.161 e. The normalized spacial score (nSPS) is 14.9. The average Bonchev–Trinajstić information content (AvgIpc) is 2.60. The Bertz CT molecular complexity index is 390. The van der Waals surface area contributed by atoms with Crippen LogP contribution in [0.1, 0.15) is 25.8 Å². The number of benzene rings is 1. The third-order valence-corrected chi connectivity index (χ3v) is 3.45. The number of likely N-dealkylation sites (N-methyl/N-ethyl adjacent to an activating group) is 1. The summed E-state index contributed by atoms with van der Waals surface area (Å²) in [6.07, 6.45) is 2.01. The molecule has 0 aromatic heterocycles. The molecule has 100 valence electrons. The van der Waals surface area contributed by atoms with E-state index in [1.165, 1.54) is 5.56 Å². The molecule has 0 fully saturated rings. The number of nitrogens with zero attached hydrogens (tertiary/aromatic N) is 1. The van der Waals surface area contributed by atoms with Crippen molar-refractivity contribution >= 4 is 0 Å². The molecule has 0 radical (unpaired) electrons. The van der Waals surface area contributed by atoms with Gasteiger partial charge in [-0.25, -0.2) is 0 Å². The number of fused-ring (bicyclic) bond motifs is 1. The Morgan fingerprint density at radius 1 is 1.17 bits per heavy atom. The molecule has 0 atom stereocenters. The summed E-state index contributed by atoms with van der Waals surface area (Å²) in [5.74, 6) is 1.78. The van der Waals surface area contributed by atoms with Crippen LogP contribution in [0.5, 0.6) is 11.5 Å². The van der Waals surface area contributed by atoms with E-state index in [9.17, 15) is 0 Å². The Labute approximate surface area is 110 Å². The fraction of sp³-hybridized carbons (Fsp3) is 0.600. The van der Waals surface area contributed by atoms with Gasteiger partial charge in [0.2, 0.25) is 0 Å². The minimum Gasteiger partial charge on any atom is -0.490 e. The highest BCUT2D eigenvalue weighted by Gasteiger charge is 2.11. The summed E-state index contributed by atoms with van der Waals surface area (Å²) < 4.78 is 11.3. The third-order valence-electron chi connectivity index (χ3n) is 3.45. The summed E-state index contributed by atoms with van der Waals surface area (Å²) in [5, 5.41) is 0. The monoisotopic (exact) mass is 249 g/mol. The Kier molecular flexibility index (Phi) is 4.48. The van der Waals surface area contributed by atoms with E-state index in [4.69, 9.17) is 9.47 Å². The maximum Gasteiger partial charge on any atom is 0.161 e. The highest BCUT2D eigenvalue weighted by atomic mass is 16.5. The number of hydrogen-bond acceptors (Lipinski definition) is 3. The van der Waals surface area contributed by atoms with Gasteiger partial charge >= 0.3 is 0 Å². The van der Waals surface area contributed by atoms with Crippen molar-refractivity contribution in [2.75, 3.05) is 26.8 Å². The first-order valence-electron chi connectivity index (χ1n) is 6.75. The van der Waals surface area contributed by atoms with Gasteiger partial charge in [-0.1, -0.05) is 6.07 Å². The van der Waals surface area contributed by atoms with Gasteiger partial charge in [0.05, 0.1) is 13.2 Å². The van der Waals surface area contributed by atoms with Crippen LogP contribution in [-0.2, 0) is 6.42 Å². The first-order chi connectivity index (χ1) is 8.66. The molecule has 0 saturated heterocycles. The summed E-state index contributed by atoms with van der Waals surface area (Å²) >= 11 is 0. The van der Waals surface area contributed by atoms with Gasteiger partial charge < -0.3 is 14.4 Å². The molecule has 0 aliphatic carbocycles. The van der Waals surface area contributed by atoms with Crippen molar-refractivity contribution < 1.29 is 9.47 Å². The molecular weight excluding hydrogens is 226 g/mol. The van der Waals surface area contributed by atoms with Gasteiger partial charge in [0, 0.05) is 19.0 Å². The average molecular weight is 249 g/mol. The summed E-state index contributed by atoms with van der Waals surface area (Å²) in [6.45, 7) is 7.00. The lowest BCUT2D eigenvalue weighted by molar-refractivity contribution is 0.277. The summed E-state index contributed by atoms with van der Waals surface area (Å²) in [6, 6.07) is 6.88. The lowest BCUT2D eigenvalue weighted by Gasteiger charge is -2.21. The Hall–Kier alpha value is -1.22. The molecule has 1 aliphatic rings. The summed E-state index contributed by atoms with van der Waals surface area (Å²) in [4.78, 5) is 2.35. The maximum absolute atomic E-state index is 5.70. The van der Waals surface area contributed by atoms with Crippen molar-refractivity contribution in [3.63, 3.8) is 0 Å². The Morgan fingerprint density at radius 2 is 1.89 bits per heavy atom. The molecule has 0 unspecified atom stereocenters. The molecule has 3 nitrogen and oxygen atoms in total. The van der Waals surface area contributed by atoms with Crippen LogP contribution < -0.4 is 9.47 Å². The van der Waals surface area contributed by atoms with E-state index in [-0.39, 0.29) is 0 Å². The second kappa shape index (κ2) is 6.10. The Balaban J connectivity index is 2.00. The van der Waals surface area contributed by atoms with Gasteiger partial charge in [0.25, 0.3) is 0 Å². The zero-order chi connectivity index (χ0) is 13.0. The number of rotatable bonds is 4. The largest absolute Gasteiger partial charge is 0.490 e. The van der Waals surface area contributed by atoms with Crippen LogP contribution in [0.3, 0.4) is 0 Å². The van der Waals surface area contributed by atoms with Crippen LogP contribution in [0.15, 0.2) is 18.2 Å². The topological polar surface area (TPSA) is 21.7 Å². The molecule has 2 rings (SSSR count). The summed E-state index contributed by atoms with van der Waals surface area (Å²) in [7, 11) is 2.16. The van der Waals surface area contributed by atoms with Crippen molar-refractivity contribution in [2.45, 2.75) is 32.7 Å². The van der Waals surface area contributed by atoms with E-state index in [1.807, 2.05) is 6.07 Å². The van der Waals surface area contributed by atoms with Crippen molar-refractivity contribution in [3.8, 4) is 11.5 Å². The van der Waals surface area contributed by atoms with Gasteiger partial charge in [0.15, 0.2) is 11.5 Å². The fourth-order valence-electron chi connectivity index (χ4n) is 1.93. The van der Waals surface area contributed by atoms with Crippen LogP contribution in [-0.4, -0.2) is 37.7 Å². The third kappa shape index (κ3) is 3.39. The molecule has 1 aliphatic heterocycles. The number of ether oxygens (including phenoxy) is 2. The first-order valence-corrected chi connectivity index (χ1v) is 6.75. The molecule has 0 amide bonds. The van der Waals surface area contributed by atoms with Gasteiger partial charge in [-0.05, 0) is 45.0 Å². The predicted molar refractivity (Wildman–Crippen MR) is 73.5 cm³/mol. The molecule has 1 aromatic rings. The first kappa shape index (κ1) is 13.2. The van der Waals surface area contributed by atoms with E-state index in [0.717, 1.165) is 44.1 Å². The molecule has 1 aromatic carbocycles. The van der Waals surface area contributed by atoms with E-state index in [0.29, 0.717) is 6.04 Å². The lowest BCUT2D eigenvalue weighted by Crippen LogP contribution is -2.28. The molecule has 0 spiro atoms. The molecule has 0 bridgehead atoms. The lowest BCUT2D eigenvalue weighted by atomic mass is 10.1. The Morgan fingerprint density at radius 3 is 2.61 bits per heavy atom. The fourth-order valence-corrected chi connectivity index (χ4v) is 1.93. The molecule has 0 N–H and O–H groups in total. The van der Waals surface area contributed by atoms with Crippen molar-refractivity contribution in [1.29, 1.82) is 0 Å². The van der Waals surface area contributed by atoms with Crippen molar-refractivity contribution in [3.05, 3.63) is 23.8 Å². The highest BCUT2D eigenvalue weighted by molar-refractivity contribution is 5.43. The molecule has 1 heterocycles. The standard InChI is InChI=1S/C15H23NO2/c1-12(2)16(3)8-7-13-5-6-14-15(11-13)18-10-4-9-17-14/h5-6,11-12H,4,7-10H2,1-3H3. The molecule has 0 saturated carbocycles. The molecule has 3 heteroatoms. The second-order valence-electron chi connectivity index (χ2n) is 5.16. The van der Waals surface area contributed by atoms with E-state index in [1.54, 1.807) is 0 Å². The predicted octanol–water partition coefficient (Wildman–Crippen LogP) is 2.73. The van der Waals surface area contributed by atoms with E-state index in [2.05, 4.69) is 37.9 Å². The quantitative estimate of drug-likeness (QED) is 0.819. The van der Waals surface area contributed by atoms with E-state index >= 15 is 0 Å².